The Bertz CT molecular complexity index is 123. The number of oxime groups is 1. The van der Waals surface area contributed by atoms with Crippen LogP contribution in [0.4, 0.5) is 0 Å². The van der Waals surface area contributed by atoms with E-state index in [-0.39, 0.29) is 31.9 Å². The number of hydrogen-bond acceptors (Lipinski definition) is 3. The predicted octanol–water partition coefficient (Wildman–Crippen LogP) is 0.0908. The monoisotopic (exact) mass is 207 g/mol. The van der Waals surface area contributed by atoms with E-state index in [0.717, 1.165) is 0 Å². The Morgan fingerprint density at radius 3 is 2.22 bits per heavy atom. The van der Waals surface area contributed by atoms with Gasteiger partial charge in [-0.1, -0.05) is 5.16 Å². The second-order valence-electron chi connectivity index (χ2n) is 1.16. The minimum Gasteiger partial charge on any atom is -0.477 e. The fourth-order valence-corrected chi connectivity index (χ4v) is 0.176. The van der Waals surface area contributed by atoms with E-state index in [4.69, 9.17) is 5.11 Å². The van der Waals surface area contributed by atoms with E-state index in [1.54, 1.807) is 0 Å². The van der Waals surface area contributed by atoms with Crippen molar-refractivity contribution in [2.24, 2.45) is 5.16 Å². The van der Waals surface area contributed by atoms with Gasteiger partial charge in [0.2, 0.25) is 0 Å². The molecule has 0 aliphatic carbocycles. The van der Waals surface area contributed by atoms with Gasteiger partial charge in [0.25, 0.3) is 0 Å². The second-order valence-corrected chi connectivity index (χ2v) is 1.16. The van der Waals surface area contributed by atoms with Crippen LogP contribution in [0.25, 0.3) is 0 Å². The van der Waals surface area contributed by atoms with Crippen LogP contribution in [-0.2, 0) is 35.8 Å². The first-order chi connectivity index (χ1) is 3.68. The van der Waals surface area contributed by atoms with Gasteiger partial charge in [0, 0.05) is 26.2 Å². The Morgan fingerprint density at radius 2 is 2.11 bits per heavy atom. The van der Waals surface area contributed by atoms with Gasteiger partial charge in [-0.2, -0.15) is 0 Å². The van der Waals surface area contributed by atoms with Gasteiger partial charge in [-0.25, -0.2) is 4.79 Å². The van der Waals surface area contributed by atoms with Crippen molar-refractivity contribution in [1.82, 2.24) is 0 Å². The SMILES string of the molecule is CON=C(C)C(=O)O.[Zr]. The van der Waals surface area contributed by atoms with E-state index >= 15 is 0 Å². The molecular weight excluding hydrogens is 201 g/mol. The third kappa shape index (κ3) is 5.70. The van der Waals surface area contributed by atoms with E-state index in [1.807, 2.05) is 0 Å². The smallest absolute Gasteiger partial charge is 0.353 e. The standard InChI is InChI=1S/C4H7NO3.Zr/c1-3(4(6)7)5-8-2;/h1-2H3,(H,6,7);. The number of aliphatic carboxylic acids is 1. The van der Waals surface area contributed by atoms with Crippen molar-refractivity contribution >= 4 is 11.7 Å². The Hall–Kier alpha value is -0.177. The molecule has 0 fully saturated rings. The second kappa shape index (κ2) is 5.95. The number of hydrogen-bond donors (Lipinski definition) is 1. The molecule has 0 saturated carbocycles. The molecule has 1 N–H and O–H groups in total. The Labute approximate surface area is 72.0 Å². The van der Waals surface area contributed by atoms with Crippen LogP contribution in [0.2, 0.25) is 0 Å². The Kier molecular flexibility index (Phi) is 7.67. The maximum absolute atomic E-state index is 9.88. The molecule has 5 heteroatoms. The summed E-state index contributed by atoms with van der Waals surface area (Å²) in [4.78, 5) is 14.1. The number of carboxylic acid groups (broad SMARTS) is 1. The average Bonchev–Trinajstić information content (AvgIpc) is 1.67. The molecule has 0 bridgehead atoms. The van der Waals surface area contributed by atoms with Crippen molar-refractivity contribution in [1.29, 1.82) is 0 Å². The van der Waals surface area contributed by atoms with Crippen molar-refractivity contribution in [3.8, 4) is 0 Å². The molecule has 50 valence electrons. The van der Waals surface area contributed by atoms with Crippen molar-refractivity contribution in [2.75, 3.05) is 7.11 Å². The van der Waals surface area contributed by atoms with Gasteiger partial charge in [0.15, 0.2) is 5.71 Å². The first-order valence-corrected chi connectivity index (χ1v) is 1.99. The van der Waals surface area contributed by atoms with Gasteiger partial charge in [-0.15, -0.1) is 0 Å². The van der Waals surface area contributed by atoms with Crippen LogP contribution < -0.4 is 0 Å². The molecular formula is C4H7NO3Zr. The minimum atomic E-state index is -1.06. The molecule has 0 spiro atoms. The van der Waals surface area contributed by atoms with Crippen LogP contribution in [0.3, 0.4) is 0 Å². The van der Waals surface area contributed by atoms with E-state index in [1.165, 1.54) is 14.0 Å². The number of nitrogens with zero attached hydrogens (tertiary/aromatic N) is 1. The molecule has 9 heavy (non-hydrogen) atoms. The topological polar surface area (TPSA) is 58.9 Å². The van der Waals surface area contributed by atoms with Crippen LogP contribution in [0, 0.1) is 0 Å². The first-order valence-electron chi connectivity index (χ1n) is 1.99. The van der Waals surface area contributed by atoms with Gasteiger partial charge in [0.05, 0.1) is 0 Å². The molecule has 0 rings (SSSR count). The van der Waals surface area contributed by atoms with Gasteiger partial charge in [-0.3, -0.25) is 0 Å². The molecule has 0 amide bonds. The average molecular weight is 208 g/mol. The molecule has 0 unspecified atom stereocenters. The van der Waals surface area contributed by atoms with Crippen LogP contribution in [0.15, 0.2) is 5.16 Å². The van der Waals surface area contributed by atoms with Crippen LogP contribution in [-0.4, -0.2) is 23.9 Å². The summed E-state index contributed by atoms with van der Waals surface area (Å²) in [6, 6.07) is 0. The predicted molar refractivity (Wildman–Crippen MR) is 27.8 cm³/mol. The first kappa shape index (κ1) is 11.6. The minimum absolute atomic E-state index is 0. The van der Waals surface area contributed by atoms with Crippen molar-refractivity contribution in [2.45, 2.75) is 6.92 Å². The number of carboxylic acids is 1. The molecule has 0 heterocycles. The molecule has 0 aliphatic rings. The van der Waals surface area contributed by atoms with E-state index in [0.29, 0.717) is 0 Å². The molecule has 0 aromatic carbocycles. The quantitative estimate of drug-likeness (QED) is 0.517. The van der Waals surface area contributed by atoms with Gasteiger partial charge in [-0.05, 0) is 6.92 Å². The van der Waals surface area contributed by atoms with Crippen molar-refractivity contribution in [3.05, 3.63) is 0 Å². The zero-order chi connectivity index (χ0) is 6.57. The molecule has 0 aromatic rings. The third-order valence-electron chi connectivity index (χ3n) is 0.538. The maximum Gasteiger partial charge on any atom is 0.353 e. The summed E-state index contributed by atoms with van der Waals surface area (Å²) in [5.41, 5.74) is -0.0486. The molecule has 0 aliphatic heterocycles. The summed E-state index contributed by atoms with van der Waals surface area (Å²) in [7, 11) is 1.30. The van der Waals surface area contributed by atoms with E-state index in [2.05, 4.69) is 9.99 Å². The van der Waals surface area contributed by atoms with E-state index < -0.39 is 5.97 Å². The summed E-state index contributed by atoms with van der Waals surface area (Å²) >= 11 is 0. The molecule has 0 aromatic heterocycles. The van der Waals surface area contributed by atoms with Crippen LogP contribution >= 0.6 is 0 Å². The summed E-state index contributed by atoms with van der Waals surface area (Å²) in [5, 5.41) is 11.2. The largest absolute Gasteiger partial charge is 0.477 e. The zero-order valence-electron chi connectivity index (χ0n) is 5.21. The molecule has 0 atom stereocenters. The Balaban J connectivity index is 0. The molecule has 0 saturated heterocycles. The molecule has 4 nitrogen and oxygen atoms in total. The van der Waals surface area contributed by atoms with Gasteiger partial charge < -0.3 is 9.94 Å². The van der Waals surface area contributed by atoms with Crippen LogP contribution in [0.5, 0.6) is 0 Å². The van der Waals surface area contributed by atoms with Crippen molar-refractivity contribution < 1.29 is 40.9 Å². The fraction of sp³-hybridized carbons (Fsp3) is 0.500. The third-order valence-corrected chi connectivity index (χ3v) is 0.538. The van der Waals surface area contributed by atoms with Crippen molar-refractivity contribution in [3.63, 3.8) is 0 Å². The number of rotatable bonds is 2. The normalized spacial score (nSPS) is 9.78. The fourth-order valence-electron chi connectivity index (χ4n) is 0.176. The van der Waals surface area contributed by atoms with Gasteiger partial charge in [0.1, 0.15) is 7.11 Å². The van der Waals surface area contributed by atoms with E-state index in [9.17, 15) is 4.79 Å². The summed E-state index contributed by atoms with van der Waals surface area (Å²) in [6.45, 7) is 1.35. The van der Waals surface area contributed by atoms with Crippen LogP contribution in [0.1, 0.15) is 6.92 Å². The zero-order valence-corrected chi connectivity index (χ0v) is 7.67. The molecule has 0 radical (unpaired) electrons. The summed E-state index contributed by atoms with van der Waals surface area (Å²) < 4.78 is 0. The summed E-state index contributed by atoms with van der Waals surface area (Å²) in [6.07, 6.45) is 0. The summed E-state index contributed by atoms with van der Waals surface area (Å²) in [5.74, 6) is -1.06. The maximum atomic E-state index is 9.88. The number of carbonyl (C=O) groups is 1. The Morgan fingerprint density at radius 1 is 1.67 bits per heavy atom. The van der Waals surface area contributed by atoms with Gasteiger partial charge >= 0.3 is 5.97 Å².